The summed E-state index contributed by atoms with van der Waals surface area (Å²) in [7, 11) is 0. The van der Waals surface area contributed by atoms with Crippen LogP contribution in [0.25, 0.3) is 32.3 Å². The van der Waals surface area contributed by atoms with Crippen molar-refractivity contribution in [3.63, 3.8) is 0 Å². The Hall–Kier alpha value is -6.64. The molecule has 0 radical (unpaired) electrons. The van der Waals surface area contributed by atoms with E-state index < -0.39 is 23.8 Å². The maximum absolute atomic E-state index is 13.6. The molecule has 4 N–H and O–H groups in total. The van der Waals surface area contributed by atoms with Crippen LogP contribution in [0.15, 0.2) is 84.9 Å². The van der Waals surface area contributed by atoms with Crippen molar-refractivity contribution in [2.24, 2.45) is 0 Å². The fourth-order valence-electron chi connectivity index (χ4n) is 5.43. The molecule has 44 heavy (non-hydrogen) atoms. The summed E-state index contributed by atoms with van der Waals surface area (Å²) in [5.74, 6) is 0.736. The molecule has 8 heteroatoms. The van der Waals surface area contributed by atoms with Crippen molar-refractivity contribution >= 4 is 67.4 Å². The molecule has 0 aliphatic rings. The molecule has 0 unspecified atom stereocenters. The van der Waals surface area contributed by atoms with Gasteiger partial charge in [-0.1, -0.05) is 54.3 Å². The fraction of sp³-hybridized carbons (Fsp3) is 0. The number of anilines is 2. The molecule has 0 heterocycles. The van der Waals surface area contributed by atoms with Crippen molar-refractivity contribution in [3.8, 4) is 24.7 Å². The van der Waals surface area contributed by atoms with Gasteiger partial charge in [-0.3, -0.25) is 9.59 Å². The quantitative estimate of drug-likeness (QED) is 0.133. The molecule has 6 aromatic carbocycles. The number of terminal acetylenes is 2. The number of aromatic carboxylic acids is 2. The summed E-state index contributed by atoms with van der Waals surface area (Å²) in [6.07, 6.45) is 10.9. The molecule has 6 rings (SSSR count). The number of carbonyl (C=O) groups excluding carboxylic acids is 2. The van der Waals surface area contributed by atoms with Crippen LogP contribution in [0.4, 0.5) is 11.4 Å². The highest BCUT2D eigenvalue weighted by Crippen LogP contribution is 2.42. The van der Waals surface area contributed by atoms with E-state index in [2.05, 4.69) is 22.5 Å². The van der Waals surface area contributed by atoms with Gasteiger partial charge in [0.2, 0.25) is 0 Å². The molecular formula is C36H20N2O6. The number of amides is 2. The van der Waals surface area contributed by atoms with Gasteiger partial charge in [-0.05, 0) is 58.6 Å². The van der Waals surface area contributed by atoms with Crippen molar-refractivity contribution in [3.05, 3.63) is 118 Å². The van der Waals surface area contributed by atoms with Crippen molar-refractivity contribution in [1.29, 1.82) is 0 Å². The van der Waals surface area contributed by atoms with E-state index in [4.69, 9.17) is 12.8 Å². The van der Waals surface area contributed by atoms with Gasteiger partial charge < -0.3 is 20.8 Å². The van der Waals surface area contributed by atoms with Crippen LogP contribution in [0.5, 0.6) is 0 Å². The van der Waals surface area contributed by atoms with Crippen LogP contribution in [0.3, 0.4) is 0 Å². The predicted octanol–water partition coefficient (Wildman–Crippen LogP) is 6.45. The molecule has 2 amide bonds. The summed E-state index contributed by atoms with van der Waals surface area (Å²) in [5.41, 5.74) is 0.482. The topological polar surface area (TPSA) is 133 Å². The van der Waals surface area contributed by atoms with Gasteiger partial charge in [0.05, 0.1) is 33.6 Å². The minimum atomic E-state index is -1.32. The highest BCUT2D eigenvalue weighted by Gasteiger charge is 2.23. The lowest BCUT2D eigenvalue weighted by Crippen LogP contribution is -2.19. The lowest BCUT2D eigenvalue weighted by atomic mass is 9.92. The molecule has 0 aromatic heterocycles. The van der Waals surface area contributed by atoms with Crippen LogP contribution in [0.2, 0.25) is 0 Å². The first-order chi connectivity index (χ1) is 21.2. The van der Waals surface area contributed by atoms with Crippen LogP contribution >= 0.6 is 0 Å². The van der Waals surface area contributed by atoms with Gasteiger partial charge in [0.15, 0.2) is 0 Å². The summed E-state index contributed by atoms with van der Waals surface area (Å²) >= 11 is 0. The molecule has 210 valence electrons. The predicted molar refractivity (Wildman–Crippen MR) is 169 cm³/mol. The van der Waals surface area contributed by atoms with Crippen molar-refractivity contribution in [2.45, 2.75) is 0 Å². The normalized spacial score (nSPS) is 10.8. The average molecular weight is 577 g/mol. The number of benzene rings is 6. The summed E-state index contributed by atoms with van der Waals surface area (Å²) in [6, 6.07) is 23.0. The van der Waals surface area contributed by atoms with Crippen LogP contribution < -0.4 is 10.6 Å². The van der Waals surface area contributed by atoms with E-state index in [0.29, 0.717) is 33.3 Å². The molecule has 0 saturated heterocycles. The zero-order chi connectivity index (χ0) is 31.1. The Morgan fingerprint density at radius 1 is 0.545 bits per heavy atom. The number of carboxylic acids is 2. The molecule has 0 aliphatic heterocycles. The Labute approximate surface area is 250 Å². The number of hydrogen-bond donors (Lipinski definition) is 4. The van der Waals surface area contributed by atoms with Crippen molar-refractivity contribution < 1.29 is 29.4 Å². The van der Waals surface area contributed by atoms with Crippen LogP contribution in [-0.2, 0) is 0 Å². The zero-order valence-corrected chi connectivity index (χ0v) is 22.8. The molecule has 0 aliphatic carbocycles. The summed E-state index contributed by atoms with van der Waals surface area (Å²) in [4.78, 5) is 51.0. The lowest BCUT2D eigenvalue weighted by Gasteiger charge is -2.19. The number of hydrogen-bond acceptors (Lipinski definition) is 4. The van der Waals surface area contributed by atoms with Crippen LogP contribution in [0, 0.1) is 24.7 Å². The zero-order valence-electron chi connectivity index (χ0n) is 22.8. The monoisotopic (exact) mass is 576 g/mol. The largest absolute Gasteiger partial charge is 0.478 e. The maximum Gasteiger partial charge on any atom is 0.336 e. The summed E-state index contributed by atoms with van der Waals surface area (Å²) in [6.45, 7) is 0. The second-order valence-corrected chi connectivity index (χ2v) is 9.98. The molecular weight excluding hydrogens is 556 g/mol. The smallest absolute Gasteiger partial charge is 0.336 e. The van der Waals surface area contributed by atoms with Crippen molar-refractivity contribution in [1.82, 2.24) is 0 Å². The molecule has 0 atom stereocenters. The van der Waals surface area contributed by atoms with Crippen molar-refractivity contribution in [2.75, 3.05) is 10.6 Å². The fourth-order valence-corrected chi connectivity index (χ4v) is 5.43. The highest BCUT2D eigenvalue weighted by molar-refractivity contribution is 6.30. The van der Waals surface area contributed by atoms with Crippen LogP contribution in [0.1, 0.15) is 52.6 Å². The van der Waals surface area contributed by atoms with Gasteiger partial charge >= 0.3 is 11.9 Å². The van der Waals surface area contributed by atoms with E-state index >= 15 is 0 Å². The van der Waals surface area contributed by atoms with Gasteiger partial charge in [-0.15, -0.1) is 12.8 Å². The first-order valence-corrected chi connectivity index (χ1v) is 13.2. The molecule has 0 spiro atoms. The van der Waals surface area contributed by atoms with Crippen LogP contribution in [-0.4, -0.2) is 34.0 Å². The van der Waals surface area contributed by atoms with E-state index in [0.717, 1.165) is 21.5 Å². The third-order valence-electron chi connectivity index (χ3n) is 7.46. The minimum Gasteiger partial charge on any atom is -0.478 e. The van der Waals surface area contributed by atoms with E-state index in [1.165, 1.54) is 36.4 Å². The number of nitrogens with one attached hydrogen (secondary N) is 2. The minimum absolute atomic E-state index is 0.107. The van der Waals surface area contributed by atoms with E-state index in [9.17, 15) is 29.4 Å². The Morgan fingerprint density at radius 2 is 1.05 bits per heavy atom. The summed E-state index contributed by atoms with van der Waals surface area (Å²) in [5, 5.41) is 29.9. The van der Waals surface area contributed by atoms with Gasteiger partial charge in [0.1, 0.15) is 0 Å². The SMILES string of the molecule is C#Cc1ccc(C(=O)Nc2cc(NC(=O)c3cc(C#C)ccc3C(=O)O)c3ccc4cccc5ccc2c3c54)c(C(=O)O)c1. The first kappa shape index (κ1) is 27.5. The molecule has 0 saturated carbocycles. The molecule has 8 nitrogen and oxygen atoms in total. The maximum atomic E-state index is 13.6. The number of rotatable bonds is 6. The Balaban J connectivity index is 1.54. The average Bonchev–Trinajstić information content (AvgIpc) is 3.03. The van der Waals surface area contributed by atoms with E-state index in [1.807, 2.05) is 42.5 Å². The lowest BCUT2D eigenvalue weighted by molar-refractivity contribution is 0.0683. The van der Waals surface area contributed by atoms with E-state index in [1.54, 1.807) is 6.07 Å². The summed E-state index contributed by atoms with van der Waals surface area (Å²) < 4.78 is 0. The second-order valence-electron chi connectivity index (χ2n) is 9.98. The van der Waals surface area contributed by atoms with E-state index in [-0.39, 0.29) is 22.3 Å². The Kier molecular flexibility index (Phi) is 6.66. The van der Waals surface area contributed by atoms with Gasteiger partial charge in [0.25, 0.3) is 11.8 Å². The molecule has 0 fully saturated rings. The highest BCUT2D eigenvalue weighted by atomic mass is 16.4. The third-order valence-corrected chi connectivity index (χ3v) is 7.46. The Bertz CT molecular complexity index is 2290. The third kappa shape index (κ3) is 4.59. The van der Waals surface area contributed by atoms with Gasteiger partial charge in [0, 0.05) is 27.3 Å². The second kappa shape index (κ2) is 10.6. The standard InChI is InChI=1S/C36H20N2O6/c1-3-19-9-13-24(35(41)42)27(16-19)34(40)38-30-18-29(37-33(39)23-12-8-20(4-2)17-28(23)36(43)44)25-14-10-21-6-5-7-22-11-15-26(30)32(25)31(21)22/h1-2,5-18H,(H,37,39)(H,38,40)(H,41,42)(H,43,44). The number of carbonyl (C=O) groups is 4. The molecule has 0 bridgehead atoms. The Morgan fingerprint density at radius 3 is 1.57 bits per heavy atom. The van der Waals surface area contributed by atoms with Gasteiger partial charge in [-0.25, -0.2) is 9.59 Å². The molecule has 6 aromatic rings. The first-order valence-electron chi connectivity index (χ1n) is 13.2. The van der Waals surface area contributed by atoms with Gasteiger partial charge in [-0.2, -0.15) is 0 Å². The number of carboxylic acid groups (broad SMARTS) is 2.